The normalized spacial score (nSPS) is 10.6. The van der Waals surface area contributed by atoms with Crippen molar-refractivity contribution < 1.29 is 14.0 Å². The molecule has 2 amide bonds. The molecule has 0 spiro atoms. The van der Waals surface area contributed by atoms with E-state index in [4.69, 9.17) is 4.42 Å². The molecule has 0 atom stereocenters. The van der Waals surface area contributed by atoms with Crippen LogP contribution in [0.1, 0.15) is 20.0 Å². The Morgan fingerprint density at radius 2 is 1.81 bits per heavy atom. The van der Waals surface area contributed by atoms with Gasteiger partial charge in [-0.25, -0.2) is 4.98 Å². The number of hydrogen-bond acceptors (Lipinski definition) is 5. The molecular weight excluding hydrogens is 350 g/mol. The Bertz CT molecular complexity index is 1070. The SMILES string of the molecule is O=C(NNC(=O)c1cc(-c2ccco2)nc2ccccc12)c1cccs1. The van der Waals surface area contributed by atoms with E-state index in [1.807, 2.05) is 24.3 Å². The first-order chi connectivity index (χ1) is 12.7. The van der Waals surface area contributed by atoms with Crippen LogP contribution < -0.4 is 10.9 Å². The van der Waals surface area contributed by atoms with E-state index < -0.39 is 5.91 Å². The molecule has 4 aromatic rings. The molecule has 3 heterocycles. The van der Waals surface area contributed by atoms with Crippen LogP contribution in [0.4, 0.5) is 0 Å². The predicted octanol–water partition coefficient (Wildman–Crippen LogP) is 3.63. The fraction of sp³-hybridized carbons (Fsp3) is 0. The van der Waals surface area contributed by atoms with Crippen LogP contribution in [0.25, 0.3) is 22.4 Å². The molecule has 128 valence electrons. The molecule has 1 aromatic carbocycles. The van der Waals surface area contributed by atoms with Crippen molar-refractivity contribution in [2.75, 3.05) is 0 Å². The lowest BCUT2D eigenvalue weighted by Crippen LogP contribution is -2.41. The van der Waals surface area contributed by atoms with Gasteiger partial charge in [0.25, 0.3) is 11.8 Å². The van der Waals surface area contributed by atoms with E-state index >= 15 is 0 Å². The third kappa shape index (κ3) is 3.07. The fourth-order valence-corrected chi connectivity index (χ4v) is 3.18. The lowest BCUT2D eigenvalue weighted by molar-refractivity contribution is 0.0850. The highest BCUT2D eigenvalue weighted by Crippen LogP contribution is 2.25. The minimum atomic E-state index is -0.429. The van der Waals surface area contributed by atoms with Gasteiger partial charge in [-0.2, -0.15) is 0 Å². The minimum Gasteiger partial charge on any atom is -0.463 e. The summed E-state index contributed by atoms with van der Waals surface area (Å²) in [5, 5.41) is 2.48. The molecule has 0 unspecified atom stereocenters. The topological polar surface area (TPSA) is 84.2 Å². The van der Waals surface area contributed by atoms with Crippen LogP contribution in [0.2, 0.25) is 0 Å². The van der Waals surface area contributed by atoms with E-state index in [9.17, 15) is 9.59 Å². The van der Waals surface area contributed by atoms with Crippen LogP contribution in [-0.2, 0) is 0 Å². The first kappa shape index (κ1) is 16.0. The van der Waals surface area contributed by atoms with Gasteiger partial charge in [0.05, 0.1) is 22.2 Å². The quantitative estimate of drug-likeness (QED) is 0.545. The van der Waals surface area contributed by atoms with Gasteiger partial charge in [-0.1, -0.05) is 24.3 Å². The molecule has 0 aliphatic carbocycles. The van der Waals surface area contributed by atoms with Gasteiger partial charge in [-0.05, 0) is 35.7 Å². The lowest BCUT2D eigenvalue weighted by atomic mass is 10.1. The average Bonchev–Trinajstić information content (AvgIpc) is 3.38. The summed E-state index contributed by atoms with van der Waals surface area (Å²) in [6.45, 7) is 0. The first-order valence-electron chi connectivity index (χ1n) is 7.80. The van der Waals surface area contributed by atoms with Gasteiger partial charge in [-0.15, -0.1) is 11.3 Å². The van der Waals surface area contributed by atoms with Crippen LogP contribution in [0.3, 0.4) is 0 Å². The number of hydrogen-bond donors (Lipinski definition) is 2. The second-order valence-electron chi connectivity index (χ2n) is 5.44. The van der Waals surface area contributed by atoms with Gasteiger partial charge >= 0.3 is 0 Å². The Labute approximate surface area is 152 Å². The third-order valence-corrected chi connectivity index (χ3v) is 4.64. The van der Waals surface area contributed by atoms with Crippen molar-refractivity contribution in [2.24, 2.45) is 0 Å². The maximum absolute atomic E-state index is 12.7. The molecule has 0 fully saturated rings. The molecule has 0 aliphatic rings. The Morgan fingerprint density at radius 3 is 2.58 bits per heavy atom. The van der Waals surface area contributed by atoms with Crippen molar-refractivity contribution in [3.05, 3.63) is 76.7 Å². The molecule has 0 aliphatic heterocycles. The number of furan rings is 1. The minimum absolute atomic E-state index is 0.363. The number of thiophene rings is 1. The molecule has 4 rings (SSSR count). The van der Waals surface area contributed by atoms with Crippen molar-refractivity contribution in [2.45, 2.75) is 0 Å². The van der Waals surface area contributed by atoms with Crippen molar-refractivity contribution in [3.63, 3.8) is 0 Å². The average molecular weight is 363 g/mol. The van der Waals surface area contributed by atoms with Crippen molar-refractivity contribution in [3.8, 4) is 11.5 Å². The van der Waals surface area contributed by atoms with Crippen LogP contribution >= 0.6 is 11.3 Å². The summed E-state index contributed by atoms with van der Waals surface area (Å²) in [5.41, 5.74) is 6.50. The van der Waals surface area contributed by atoms with Crippen molar-refractivity contribution >= 4 is 34.1 Å². The van der Waals surface area contributed by atoms with Crippen molar-refractivity contribution in [1.82, 2.24) is 15.8 Å². The lowest BCUT2D eigenvalue weighted by Gasteiger charge is -2.10. The number of fused-ring (bicyclic) bond motifs is 1. The fourth-order valence-electron chi connectivity index (χ4n) is 2.56. The molecule has 2 N–H and O–H groups in total. The Morgan fingerprint density at radius 1 is 0.962 bits per heavy atom. The number of nitrogens with zero attached hydrogens (tertiary/aromatic N) is 1. The molecule has 6 nitrogen and oxygen atoms in total. The molecule has 0 saturated carbocycles. The molecule has 0 bridgehead atoms. The van der Waals surface area contributed by atoms with Gasteiger partial charge < -0.3 is 4.42 Å². The maximum Gasteiger partial charge on any atom is 0.279 e. The number of benzene rings is 1. The number of nitrogens with one attached hydrogen (secondary N) is 2. The monoisotopic (exact) mass is 363 g/mol. The summed E-state index contributed by atoms with van der Waals surface area (Å²) in [7, 11) is 0. The van der Waals surface area contributed by atoms with Gasteiger partial charge in [0.2, 0.25) is 0 Å². The Kier molecular flexibility index (Phi) is 4.20. The van der Waals surface area contributed by atoms with Gasteiger partial charge in [-0.3, -0.25) is 20.4 Å². The Balaban J connectivity index is 1.66. The Hall–Kier alpha value is -3.45. The second kappa shape index (κ2) is 6.81. The van der Waals surface area contributed by atoms with E-state index in [1.165, 1.54) is 11.3 Å². The third-order valence-electron chi connectivity index (χ3n) is 3.77. The summed E-state index contributed by atoms with van der Waals surface area (Å²) in [6.07, 6.45) is 1.55. The first-order valence-corrected chi connectivity index (χ1v) is 8.68. The maximum atomic E-state index is 12.7. The number of rotatable bonds is 3. The molecule has 0 saturated heterocycles. The van der Waals surface area contributed by atoms with E-state index in [1.54, 1.807) is 42.0 Å². The number of pyridine rings is 1. The standard InChI is InChI=1S/C19H13N3O3S/c23-18(21-22-19(24)17-8-4-10-26-17)13-11-15(16-7-3-9-25-16)20-14-6-2-1-5-12(13)14/h1-11H,(H,21,23)(H,22,24). The summed E-state index contributed by atoms with van der Waals surface area (Å²) in [6, 6.07) is 15.9. The predicted molar refractivity (Wildman–Crippen MR) is 98.7 cm³/mol. The molecule has 3 aromatic heterocycles. The number of amides is 2. The van der Waals surface area contributed by atoms with Gasteiger partial charge in [0, 0.05) is 5.39 Å². The number of carbonyl (C=O) groups excluding carboxylic acids is 2. The molecule has 0 radical (unpaired) electrons. The molecule has 7 heteroatoms. The van der Waals surface area contributed by atoms with Crippen molar-refractivity contribution in [1.29, 1.82) is 0 Å². The van der Waals surface area contributed by atoms with E-state index in [0.717, 1.165) is 0 Å². The zero-order valence-electron chi connectivity index (χ0n) is 13.4. The van der Waals surface area contributed by atoms with E-state index in [0.29, 0.717) is 32.8 Å². The van der Waals surface area contributed by atoms with Gasteiger partial charge in [0.1, 0.15) is 5.69 Å². The summed E-state index contributed by atoms with van der Waals surface area (Å²) in [5.74, 6) is -0.230. The smallest absolute Gasteiger partial charge is 0.279 e. The second-order valence-corrected chi connectivity index (χ2v) is 6.38. The largest absolute Gasteiger partial charge is 0.463 e. The zero-order chi connectivity index (χ0) is 17.9. The number of para-hydroxylation sites is 1. The van der Waals surface area contributed by atoms with Crippen LogP contribution in [0, 0.1) is 0 Å². The summed E-state index contributed by atoms with van der Waals surface area (Å²) in [4.78, 5) is 29.7. The van der Waals surface area contributed by atoms with Crippen LogP contribution in [0.5, 0.6) is 0 Å². The number of aromatic nitrogens is 1. The van der Waals surface area contributed by atoms with E-state index in [2.05, 4.69) is 15.8 Å². The number of carbonyl (C=O) groups is 2. The highest BCUT2D eigenvalue weighted by Gasteiger charge is 2.16. The summed E-state index contributed by atoms with van der Waals surface area (Å²) < 4.78 is 5.39. The van der Waals surface area contributed by atoms with E-state index in [-0.39, 0.29) is 5.91 Å². The highest BCUT2D eigenvalue weighted by atomic mass is 32.1. The van der Waals surface area contributed by atoms with Crippen LogP contribution in [0.15, 0.2) is 70.7 Å². The highest BCUT2D eigenvalue weighted by molar-refractivity contribution is 7.12. The number of hydrazine groups is 1. The van der Waals surface area contributed by atoms with Gasteiger partial charge in [0.15, 0.2) is 5.76 Å². The molecular formula is C19H13N3O3S. The molecule has 26 heavy (non-hydrogen) atoms. The van der Waals surface area contributed by atoms with Crippen LogP contribution in [-0.4, -0.2) is 16.8 Å². The zero-order valence-corrected chi connectivity index (χ0v) is 14.2. The summed E-state index contributed by atoms with van der Waals surface area (Å²) >= 11 is 1.30.